The molecule has 0 N–H and O–H groups in total. The van der Waals surface area contributed by atoms with E-state index in [-0.39, 0.29) is 0 Å². The fourth-order valence-corrected chi connectivity index (χ4v) is 12.3. The van der Waals surface area contributed by atoms with Crippen molar-refractivity contribution < 1.29 is 0 Å². The Bertz CT molecular complexity index is 2580. The molecule has 7 aromatic carbocycles. The number of benzene rings is 7. The van der Waals surface area contributed by atoms with Crippen LogP contribution in [0.4, 0.5) is 0 Å². The van der Waals surface area contributed by atoms with Crippen molar-refractivity contribution in [1.29, 1.82) is 15.8 Å². The van der Waals surface area contributed by atoms with E-state index in [1.165, 1.54) is 15.6 Å². The first kappa shape index (κ1) is 30.4. The van der Waals surface area contributed by atoms with Gasteiger partial charge in [0.25, 0.3) is 0 Å². The van der Waals surface area contributed by atoms with Gasteiger partial charge in [-0.3, -0.25) is 0 Å². The van der Waals surface area contributed by atoms with Gasteiger partial charge in [-0.2, -0.15) is 15.8 Å². The predicted molar refractivity (Wildman–Crippen MR) is 204 cm³/mol. The molecule has 8 aromatic rings. The Morgan fingerprint density at radius 1 is 0.420 bits per heavy atom. The van der Waals surface area contributed by atoms with Crippen molar-refractivity contribution in [2.45, 2.75) is 0 Å². The number of aromatic nitrogens is 1. The summed E-state index contributed by atoms with van der Waals surface area (Å²) in [5.74, 6) is 0. The molecular weight excluding hydrogens is 625 g/mol. The molecule has 0 bridgehead atoms. The maximum Gasteiger partial charge on any atom is 0.179 e. The van der Waals surface area contributed by atoms with Crippen LogP contribution in [0.3, 0.4) is 0 Å². The molecule has 50 heavy (non-hydrogen) atoms. The minimum Gasteiger partial charge on any atom is -0.309 e. The van der Waals surface area contributed by atoms with Gasteiger partial charge in [0.05, 0.1) is 45.9 Å². The summed E-state index contributed by atoms with van der Waals surface area (Å²) in [6.45, 7) is 0. The smallest absolute Gasteiger partial charge is 0.179 e. The van der Waals surface area contributed by atoms with Crippen molar-refractivity contribution in [3.05, 3.63) is 187 Å². The zero-order valence-corrected chi connectivity index (χ0v) is 28.0. The number of rotatable bonds is 6. The summed E-state index contributed by atoms with van der Waals surface area (Å²) >= 11 is 0. The Labute approximate surface area is 291 Å². The molecule has 0 aliphatic carbocycles. The van der Waals surface area contributed by atoms with Crippen LogP contribution in [0, 0.1) is 34.0 Å². The molecule has 1 aromatic heterocycles. The van der Waals surface area contributed by atoms with Crippen LogP contribution in [0.25, 0.3) is 38.6 Å². The average Bonchev–Trinajstić information content (AvgIpc) is 3.52. The molecule has 0 saturated heterocycles. The minimum atomic E-state index is -2.95. The molecule has 0 aliphatic rings. The third kappa shape index (κ3) is 4.88. The van der Waals surface area contributed by atoms with Gasteiger partial charge in [-0.25, -0.2) is 0 Å². The molecule has 5 heteroatoms. The van der Waals surface area contributed by atoms with Gasteiger partial charge in [-0.1, -0.05) is 115 Å². The SMILES string of the molecule is N#Cc1cc(-c2cc(-n3c4ccccc4c4cc(C#N)ccc43)ccc2C#N)cc([Si](c2ccccc2)(c2ccccc2)c2ccccc2)c1. The van der Waals surface area contributed by atoms with E-state index >= 15 is 0 Å². The van der Waals surface area contributed by atoms with E-state index in [2.05, 4.69) is 120 Å². The lowest BCUT2D eigenvalue weighted by Crippen LogP contribution is -2.74. The van der Waals surface area contributed by atoms with E-state index in [1.54, 1.807) is 0 Å². The van der Waals surface area contributed by atoms with Crippen LogP contribution in [0.15, 0.2) is 170 Å². The van der Waals surface area contributed by atoms with Crippen molar-refractivity contribution in [2.24, 2.45) is 0 Å². The van der Waals surface area contributed by atoms with Gasteiger partial charge >= 0.3 is 0 Å². The molecule has 8 rings (SSSR count). The highest BCUT2D eigenvalue weighted by Crippen LogP contribution is 2.35. The van der Waals surface area contributed by atoms with Crippen LogP contribution in [0.2, 0.25) is 0 Å². The van der Waals surface area contributed by atoms with Crippen molar-refractivity contribution >= 4 is 50.6 Å². The highest BCUT2D eigenvalue weighted by atomic mass is 28.3. The van der Waals surface area contributed by atoms with Crippen LogP contribution in [-0.2, 0) is 0 Å². The molecule has 0 fully saturated rings. The van der Waals surface area contributed by atoms with Crippen molar-refractivity contribution in [2.75, 3.05) is 0 Å². The van der Waals surface area contributed by atoms with Gasteiger partial charge in [0.15, 0.2) is 8.07 Å². The molecule has 0 spiro atoms. The molecule has 1 heterocycles. The molecular formula is C45H28N4Si. The molecule has 0 radical (unpaired) electrons. The summed E-state index contributed by atoms with van der Waals surface area (Å²) in [6.07, 6.45) is 0. The highest BCUT2D eigenvalue weighted by molar-refractivity contribution is 7.19. The quantitative estimate of drug-likeness (QED) is 0.138. The number of hydrogen-bond donors (Lipinski definition) is 0. The van der Waals surface area contributed by atoms with E-state index in [4.69, 9.17) is 0 Å². The summed E-state index contributed by atoms with van der Waals surface area (Å²) in [4.78, 5) is 0. The fourth-order valence-electron chi connectivity index (χ4n) is 7.46. The molecule has 0 aliphatic heterocycles. The Morgan fingerprint density at radius 3 is 1.60 bits per heavy atom. The topological polar surface area (TPSA) is 76.3 Å². The summed E-state index contributed by atoms with van der Waals surface area (Å²) in [6, 6.07) is 64.9. The average molecular weight is 653 g/mol. The molecule has 0 amide bonds. The Hall–Kier alpha value is -6.97. The lowest BCUT2D eigenvalue weighted by molar-refractivity contribution is 1.18. The van der Waals surface area contributed by atoms with Gasteiger partial charge in [0.1, 0.15) is 0 Å². The second kappa shape index (κ2) is 12.6. The number of nitriles is 3. The van der Waals surface area contributed by atoms with Crippen LogP contribution in [0.1, 0.15) is 16.7 Å². The lowest BCUT2D eigenvalue weighted by atomic mass is 9.98. The van der Waals surface area contributed by atoms with Crippen molar-refractivity contribution in [1.82, 2.24) is 4.57 Å². The van der Waals surface area contributed by atoms with Gasteiger partial charge in [0, 0.05) is 22.0 Å². The third-order valence-electron chi connectivity index (χ3n) is 9.61. The van der Waals surface area contributed by atoms with Crippen LogP contribution >= 0.6 is 0 Å². The van der Waals surface area contributed by atoms with E-state index in [0.717, 1.165) is 43.8 Å². The Morgan fingerprint density at radius 2 is 1.00 bits per heavy atom. The number of nitrogens with zero attached hydrogens (tertiary/aromatic N) is 4. The standard InChI is InChI=1S/C45H28N4Si/c46-29-32-20-23-45-43(26-32)41-18-10-11-19-44(41)49(45)36-22-21-34(31-48)42(28-36)35-24-33(30-47)25-40(27-35)50(37-12-4-1-5-13-37,38-14-6-2-7-15-38)39-16-8-3-9-17-39/h1-28H. The zero-order chi connectivity index (χ0) is 34.1. The van der Waals surface area contributed by atoms with E-state index in [1.807, 2.05) is 72.8 Å². The Balaban J connectivity index is 1.43. The molecule has 0 unspecified atom stereocenters. The summed E-state index contributed by atoms with van der Waals surface area (Å²) in [5, 5.41) is 37.3. The first-order chi connectivity index (χ1) is 24.6. The van der Waals surface area contributed by atoms with Crippen molar-refractivity contribution in [3.63, 3.8) is 0 Å². The van der Waals surface area contributed by atoms with Crippen LogP contribution < -0.4 is 20.7 Å². The third-order valence-corrected chi connectivity index (χ3v) is 14.4. The second-order valence-corrected chi connectivity index (χ2v) is 16.1. The second-order valence-electron chi connectivity index (χ2n) is 12.3. The normalized spacial score (nSPS) is 11.1. The lowest BCUT2D eigenvalue weighted by Gasteiger charge is -2.35. The number of para-hydroxylation sites is 1. The molecule has 0 saturated carbocycles. The summed E-state index contributed by atoms with van der Waals surface area (Å²) < 4.78 is 2.18. The first-order valence-electron chi connectivity index (χ1n) is 16.4. The van der Waals surface area contributed by atoms with Gasteiger partial charge in [0.2, 0.25) is 0 Å². The summed E-state index contributed by atoms with van der Waals surface area (Å²) in [7, 11) is -2.95. The van der Waals surface area contributed by atoms with Gasteiger partial charge in [-0.15, -0.1) is 0 Å². The van der Waals surface area contributed by atoms with Gasteiger partial charge < -0.3 is 4.57 Å². The number of hydrogen-bond acceptors (Lipinski definition) is 3. The maximum atomic E-state index is 10.5. The van der Waals surface area contributed by atoms with Crippen LogP contribution in [0.5, 0.6) is 0 Å². The Kier molecular flexibility index (Phi) is 7.63. The van der Waals surface area contributed by atoms with E-state index < -0.39 is 8.07 Å². The fraction of sp³-hybridized carbons (Fsp3) is 0. The highest BCUT2D eigenvalue weighted by Gasteiger charge is 2.41. The van der Waals surface area contributed by atoms with Gasteiger partial charge in [-0.05, 0) is 80.9 Å². The van der Waals surface area contributed by atoms with Crippen molar-refractivity contribution in [3.8, 4) is 35.0 Å². The van der Waals surface area contributed by atoms with Crippen LogP contribution in [-0.4, -0.2) is 12.6 Å². The minimum absolute atomic E-state index is 0.522. The largest absolute Gasteiger partial charge is 0.309 e. The monoisotopic (exact) mass is 652 g/mol. The molecule has 4 nitrogen and oxygen atoms in total. The molecule has 0 atom stereocenters. The number of fused-ring (bicyclic) bond motifs is 3. The zero-order valence-electron chi connectivity index (χ0n) is 27.0. The maximum absolute atomic E-state index is 10.5. The molecule has 232 valence electrons. The summed E-state index contributed by atoms with van der Waals surface area (Å²) in [5.41, 5.74) is 6.08. The van der Waals surface area contributed by atoms with E-state index in [9.17, 15) is 15.8 Å². The predicted octanol–water partition coefficient (Wildman–Crippen LogP) is 7.44. The van der Waals surface area contributed by atoms with E-state index in [0.29, 0.717) is 16.7 Å². The first-order valence-corrected chi connectivity index (χ1v) is 18.4.